The molecule has 0 saturated heterocycles. The minimum Gasteiger partial charge on any atom is -0.870 e. The second-order valence-corrected chi connectivity index (χ2v) is 0. The summed E-state index contributed by atoms with van der Waals surface area (Å²) in [6, 6.07) is 0. The van der Waals surface area contributed by atoms with Crippen molar-refractivity contribution in [2.24, 2.45) is 0 Å². The monoisotopic (exact) mass is 235 g/mol. The summed E-state index contributed by atoms with van der Waals surface area (Å²) in [5.74, 6) is 0. The maximum Gasteiger partial charge on any atom is 0 e. The minimum absolute atomic E-state index is 0. The molecule has 6 heavy (non-hydrogen) atoms. The molecule has 0 saturated carbocycles. The van der Waals surface area contributed by atoms with E-state index in [1.165, 1.54) is 0 Å². The molecule has 0 heterocycles. The van der Waals surface area contributed by atoms with Crippen LogP contribution in [-0.2, 0) is 50.6 Å². The van der Waals surface area contributed by atoms with Crippen LogP contribution in [0.2, 0.25) is 0 Å². The molecule has 37 valence electrons. The molecular formula is H3FeMgMnNaNiO. The molecule has 0 aromatic rings. The fraction of sp³-hybridized carbons (Fsp3) is 0. The van der Waals surface area contributed by atoms with Gasteiger partial charge in [-0.15, -0.1) is 0 Å². The first-order chi connectivity index (χ1) is 0. The summed E-state index contributed by atoms with van der Waals surface area (Å²) in [4.78, 5) is 0. The third kappa shape index (κ3) is 26.8. The van der Waals surface area contributed by atoms with Gasteiger partial charge in [0.05, 0.1) is 0 Å². The van der Waals surface area contributed by atoms with Gasteiger partial charge in [-0.3, -0.25) is 0 Å². The van der Waals surface area contributed by atoms with Gasteiger partial charge in [-0.1, -0.05) is 0 Å². The minimum atomic E-state index is 0. The van der Waals surface area contributed by atoms with E-state index in [0.29, 0.717) is 0 Å². The van der Waals surface area contributed by atoms with E-state index in [1.54, 1.807) is 0 Å². The van der Waals surface area contributed by atoms with Crippen molar-refractivity contribution < 1.29 is 56.1 Å². The van der Waals surface area contributed by atoms with Crippen LogP contribution in [0.15, 0.2) is 0 Å². The number of hydrogen-bond donors (Lipinski definition) is 0. The van der Waals surface area contributed by atoms with Crippen molar-refractivity contribution in [1.29, 1.82) is 0 Å². The van der Waals surface area contributed by atoms with Gasteiger partial charge in [0, 0.05) is 50.6 Å². The van der Waals surface area contributed by atoms with Crippen molar-refractivity contribution in [2.45, 2.75) is 0 Å². The maximum absolute atomic E-state index is 0. The van der Waals surface area contributed by atoms with E-state index >= 15 is 0 Å². The van der Waals surface area contributed by atoms with E-state index < -0.39 is 0 Å². The average molecular weight is 236 g/mol. The van der Waals surface area contributed by atoms with E-state index in [0.717, 1.165) is 0 Å². The molecule has 1 N–H and O–H groups in total. The second-order valence-electron chi connectivity index (χ2n) is 0. The van der Waals surface area contributed by atoms with Crippen LogP contribution in [0.1, 0.15) is 0 Å². The van der Waals surface area contributed by atoms with Crippen LogP contribution in [0.25, 0.3) is 0 Å². The van der Waals surface area contributed by atoms with Gasteiger partial charge in [0.25, 0.3) is 0 Å². The Hall–Kier alpha value is 3.26. The molecule has 0 spiro atoms. The zero-order valence-electron chi connectivity index (χ0n) is 2.49. The first-order valence-electron chi connectivity index (χ1n) is 0. The zero-order chi connectivity index (χ0) is 0. The molecule has 0 fully saturated rings. The fourth-order valence-electron chi connectivity index (χ4n) is 0. The first kappa shape index (κ1) is 59.5. The third-order valence-electron chi connectivity index (χ3n) is 0. The molecule has 0 bridgehead atoms. The van der Waals surface area contributed by atoms with Crippen molar-refractivity contribution in [3.8, 4) is 0 Å². The van der Waals surface area contributed by atoms with Gasteiger partial charge in [0.15, 0.2) is 0 Å². The van der Waals surface area contributed by atoms with Crippen LogP contribution in [0.3, 0.4) is 0 Å². The van der Waals surface area contributed by atoms with Crippen molar-refractivity contribution >= 4 is 52.6 Å². The van der Waals surface area contributed by atoms with Crippen molar-refractivity contribution in [1.82, 2.24) is 0 Å². The predicted octanol–water partition coefficient (Wildman–Crippen LogP) is -1.48. The van der Waals surface area contributed by atoms with Crippen LogP contribution in [0.5, 0.6) is 0 Å². The Morgan fingerprint density at radius 2 is 1.00 bits per heavy atom. The molecule has 0 amide bonds. The Balaban J connectivity index is 0. The quantitative estimate of drug-likeness (QED) is 0.471. The Morgan fingerprint density at radius 3 is 1.00 bits per heavy atom. The Morgan fingerprint density at radius 1 is 1.00 bits per heavy atom. The van der Waals surface area contributed by atoms with Gasteiger partial charge in [-0.25, -0.2) is 0 Å². The molecule has 0 unspecified atom stereocenters. The van der Waals surface area contributed by atoms with E-state index in [1.807, 2.05) is 0 Å². The fourth-order valence-corrected chi connectivity index (χ4v) is 0. The van der Waals surface area contributed by atoms with Crippen molar-refractivity contribution in [2.75, 3.05) is 0 Å². The van der Waals surface area contributed by atoms with E-state index in [-0.39, 0.29) is 109 Å². The maximum atomic E-state index is 0. The molecule has 1 nitrogen and oxygen atoms in total. The first-order valence-corrected chi connectivity index (χ1v) is 0. The molecule has 0 aromatic heterocycles. The Bertz CT molecular complexity index is 15.5. The summed E-state index contributed by atoms with van der Waals surface area (Å²) in [5.41, 5.74) is 0. The molecule has 0 atom stereocenters. The molecule has 6 heteroatoms. The molecule has 0 aromatic carbocycles. The van der Waals surface area contributed by atoms with Crippen molar-refractivity contribution in [3.05, 3.63) is 0 Å². The van der Waals surface area contributed by atoms with Crippen LogP contribution in [0.4, 0.5) is 0 Å². The normalized spacial score (nSPS) is 0. The van der Waals surface area contributed by atoms with Crippen LogP contribution >= 0.6 is 0 Å². The van der Waals surface area contributed by atoms with Gasteiger partial charge < -0.3 is 5.48 Å². The van der Waals surface area contributed by atoms with Crippen LogP contribution < -0.4 is 0 Å². The predicted molar refractivity (Wildman–Crippen MR) is 16.2 cm³/mol. The summed E-state index contributed by atoms with van der Waals surface area (Å²) in [5, 5.41) is 0. The average Bonchev–Trinajstić information content (AvgIpc) is 0. The summed E-state index contributed by atoms with van der Waals surface area (Å²) >= 11 is 0. The zero-order valence-corrected chi connectivity index (χ0v) is 7.77. The summed E-state index contributed by atoms with van der Waals surface area (Å²) in [7, 11) is 0. The SMILES string of the molecule is [Fe].[MgH+].[Mn].[NaH].[Ni].[OH-]. The Labute approximate surface area is 107 Å². The van der Waals surface area contributed by atoms with E-state index in [9.17, 15) is 0 Å². The molecule has 1 radical (unpaired) electrons. The van der Waals surface area contributed by atoms with Crippen LogP contribution in [-0.4, -0.2) is 58.1 Å². The smallest absolute Gasteiger partial charge is 0 e. The van der Waals surface area contributed by atoms with E-state index in [4.69, 9.17) is 0 Å². The van der Waals surface area contributed by atoms with Gasteiger partial charge in [-0.05, 0) is 0 Å². The molecule has 0 aliphatic carbocycles. The topological polar surface area (TPSA) is 30.0 Å². The largest absolute Gasteiger partial charge is 0.870 e. The Kier molecular flexibility index (Phi) is 406. The number of rotatable bonds is 0. The standard InChI is InChI=1S/Fe.Mg.Mn.Na.Ni.H2O.2H/h;;;;;1H2;;/q;+1;;;;;;/p-1. The summed E-state index contributed by atoms with van der Waals surface area (Å²) in [6.07, 6.45) is 0. The second kappa shape index (κ2) is 41.0. The molecular weight excluding hydrogens is 233 g/mol. The van der Waals surface area contributed by atoms with Crippen LogP contribution in [0, 0.1) is 0 Å². The van der Waals surface area contributed by atoms with Crippen molar-refractivity contribution in [3.63, 3.8) is 0 Å². The van der Waals surface area contributed by atoms with Gasteiger partial charge in [0.1, 0.15) is 0 Å². The third-order valence-corrected chi connectivity index (χ3v) is 0. The molecule has 0 aliphatic heterocycles. The summed E-state index contributed by atoms with van der Waals surface area (Å²) in [6.45, 7) is 0. The number of hydrogen-bond acceptors (Lipinski definition) is 1. The van der Waals surface area contributed by atoms with Gasteiger partial charge >= 0.3 is 52.6 Å². The summed E-state index contributed by atoms with van der Waals surface area (Å²) < 4.78 is 0. The van der Waals surface area contributed by atoms with Gasteiger partial charge in [0.2, 0.25) is 0 Å². The molecule has 0 rings (SSSR count). The van der Waals surface area contributed by atoms with Gasteiger partial charge in [-0.2, -0.15) is 0 Å². The molecule has 0 aliphatic rings. The van der Waals surface area contributed by atoms with E-state index in [2.05, 4.69) is 0 Å².